The maximum atomic E-state index is 12.4. The number of rotatable bonds is 10. The van der Waals surface area contributed by atoms with E-state index in [1.807, 2.05) is 0 Å². The Morgan fingerprint density at radius 3 is 2.46 bits per heavy atom. The number of hydrogen-bond acceptors (Lipinski definition) is 4. The molecule has 1 amide bonds. The Balaban J connectivity index is 2.65. The first-order chi connectivity index (χ1) is 13.1. The van der Waals surface area contributed by atoms with Gasteiger partial charge in [-0.3, -0.25) is 0 Å². The van der Waals surface area contributed by atoms with Crippen LogP contribution in [-0.2, 0) is 9.47 Å². The molecule has 0 fully saturated rings. The van der Waals surface area contributed by atoms with Crippen molar-refractivity contribution in [3.8, 4) is 0 Å². The van der Waals surface area contributed by atoms with Crippen LogP contribution in [0.25, 0.3) is 0 Å². The van der Waals surface area contributed by atoms with Crippen LogP contribution >= 0.6 is 58.0 Å². The van der Waals surface area contributed by atoms with Crippen molar-refractivity contribution >= 4 is 70.1 Å². The van der Waals surface area contributed by atoms with Crippen molar-refractivity contribution in [2.24, 2.45) is 0 Å². The Morgan fingerprint density at radius 2 is 1.86 bits per heavy atom. The Bertz CT molecular complexity index is 651. The zero-order chi connectivity index (χ0) is 21.2. The van der Waals surface area contributed by atoms with Gasteiger partial charge >= 0.3 is 12.1 Å². The third-order valence-electron chi connectivity index (χ3n) is 3.65. The maximum Gasteiger partial charge on any atom is 0.407 e. The Hall–Kier alpha value is -0.590. The summed E-state index contributed by atoms with van der Waals surface area (Å²) in [4.78, 5) is 24.2. The van der Waals surface area contributed by atoms with Gasteiger partial charge in [0.2, 0.25) is 3.79 Å². The van der Waals surface area contributed by atoms with Crippen molar-refractivity contribution < 1.29 is 19.1 Å². The van der Waals surface area contributed by atoms with Crippen LogP contribution < -0.4 is 5.32 Å². The van der Waals surface area contributed by atoms with Crippen LogP contribution in [0.5, 0.6) is 0 Å². The van der Waals surface area contributed by atoms with Crippen molar-refractivity contribution in [3.63, 3.8) is 0 Å². The zero-order valence-corrected chi connectivity index (χ0v) is 19.1. The van der Waals surface area contributed by atoms with E-state index < -0.39 is 28.6 Å². The molecular formula is C18H22Cl5NO4. The molecular weight excluding hydrogens is 471 g/mol. The molecule has 28 heavy (non-hydrogen) atoms. The molecule has 0 spiro atoms. The normalized spacial score (nSPS) is 12.4. The van der Waals surface area contributed by atoms with Crippen molar-refractivity contribution in [2.45, 2.75) is 48.9 Å². The van der Waals surface area contributed by atoms with Gasteiger partial charge in [-0.15, -0.1) is 0 Å². The Morgan fingerprint density at radius 1 is 1.14 bits per heavy atom. The zero-order valence-electron chi connectivity index (χ0n) is 15.3. The minimum atomic E-state index is -1.70. The van der Waals surface area contributed by atoms with Crippen LogP contribution in [0.3, 0.4) is 0 Å². The summed E-state index contributed by atoms with van der Waals surface area (Å²) in [5.74, 6) is -0.599. The summed E-state index contributed by atoms with van der Waals surface area (Å²) < 4.78 is 8.62. The molecule has 1 rings (SSSR count). The third-order valence-corrected chi connectivity index (χ3v) is 4.52. The molecule has 1 N–H and O–H groups in total. The van der Waals surface area contributed by atoms with Gasteiger partial charge in [0.15, 0.2) is 0 Å². The summed E-state index contributed by atoms with van der Waals surface area (Å²) in [5, 5.41) is 3.11. The summed E-state index contributed by atoms with van der Waals surface area (Å²) in [6.07, 6.45) is 3.22. The van der Waals surface area contributed by atoms with Gasteiger partial charge in [0, 0.05) is 5.02 Å². The summed E-state index contributed by atoms with van der Waals surface area (Å²) in [6, 6.07) is 4.50. The lowest BCUT2D eigenvalue weighted by Gasteiger charge is -2.19. The molecule has 0 saturated carbocycles. The van der Waals surface area contributed by atoms with E-state index in [1.165, 1.54) is 12.1 Å². The van der Waals surface area contributed by atoms with Crippen LogP contribution in [0, 0.1) is 0 Å². The molecule has 0 radical (unpaired) electrons. The van der Waals surface area contributed by atoms with Crippen molar-refractivity contribution in [2.75, 3.05) is 13.2 Å². The van der Waals surface area contributed by atoms with Gasteiger partial charge in [-0.2, -0.15) is 0 Å². The molecule has 0 heterocycles. The first-order valence-electron chi connectivity index (χ1n) is 8.75. The lowest BCUT2D eigenvalue weighted by molar-refractivity contribution is 0.0272. The monoisotopic (exact) mass is 491 g/mol. The molecule has 0 bridgehead atoms. The number of unbranched alkanes of at least 4 members (excludes halogenated alkanes) is 3. The molecule has 0 aliphatic carbocycles. The standard InChI is InChI=1S/C18H22Cl5NO4/c1-2-3-4-5-6-13(10-24-17(26)27-11-18(21,22)23)28-16(25)14-8-7-12(19)9-15(14)20/h7-9,13H,2-6,10-11H2,1H3,(H,24,26)/t13-/m1/s1. The van der Waals surface area contributed by atoms with E-state index in [-0.39, 0.29) is 17.1 Å². The number of ether oxygens (including phenoxy) is 2. The van der Waals surface area contributed by atoms with E-state index in [2.05, 4.69) is 12.2 Å². The molecule has 1 atom stereocenters. The van der Waals surface area contributed by atoms with Gasteiger partial charge in [-0.1, -0.05) is 84.2 Å². The van der Waals surface area contributed by atoms with Crippen molar-refractivity contribution in [3.05, 3.63) is 33.8 Å². The highest BCUT2D eigenvalue weighted by molar-refractivity contribution is 6.67. The third kappa shape index (κ3) is 10.8. The number of esters is 1. The second kappa shape index (κ2) is 12.9. The quantitative estimate of drug-likeness (QED) is 0.227. The van der Waals surface area contributed by atoms with Crippen molar-refractivity contribution in [1.29, 1.82) is 0 Å². The van der Waals surface area contributed by atoms with Crippen LogP contribution in [0.2, 0.25) is 10.0 Å². The first-order valence-corrected chi connectivity index (χ1v) is 10.6. The second-order valence-electron chi connectivity index (χ2n) is 6.07. The van der Waals surface area contributed by atoms with Gasteiger partial charge in [-0.25, -0.2) is 9.59 Å². The number of carbonyl (C=O) groups excluding carboxylic acids is 2. The fourth-order valence-corrected chi connectivity index (χ4v) is 2.92. The van der Waals surface area contributed by atoms with E-state index in [9.17, 15) is 9.59 Å². The van der Waals surface area contributed by atoms with Gasteiger partial charge in [0.05, 0.1) is 17.1 Å². The smallest absolute Gasteiger partial charge is 0.407 e. The number of nitrogens with one attached hydrogen (secondary N) is 1. The van der Waals surface area contributed by atoms with Gasteiger partial charge < -0.3 is 14.8 Å². The summed E-state index contributed by atoms with van der Waals surface area (Å²) in [7, 11) is 0. The average molecular weight is 494 g/mol. The van der Waals surface area contributed by atoms with E-state index >= 15 is 0 Å². The summed E-state index contributed by atoms with van der Waals surface area (Å²) >= 11 is 28.5. The molecule has 0 aliphatic heterocycles. The second-order valence-corrected chi connectivity index (χ2v) is 9.43. The number of amides is 1. The van der Waals surface area contributed by atoms with E-state index in [4.69, 9.17) is 67.5 Å². The predicted molar refractivity (Wildman–Crippen MR) is 114 cm³/mol. The largest absolute Gasteiger partial charge is 0.457 e. The molecule has 0 unspecified atom stereocenters. The Labute approximate surface area is 189 Å². The number of halogens is 5. The highest BCUT2D eigenvalue weighted by Gasteiger charge is 2.23. The van der Waals surface area contributed by atoms with Gasteiger partial charge in [-0.05, 0) is 31.0 Å². The van der Waals surface area contributed by atoms with E-state index in [1.54, 1.807) is 6.07 Å². The van der Waals surface area contributed by atoms with Crippen LogP contribution in [0.4, 0.5) is 4.79 Å². The fraction of sp³-hybridized carbons (Fsp3) is 0.556. The molecule has 0 saturated heterocycles. The van der Waals surface area contributed by atoms with Gasteiger partial charge in [0.25, 0.3) is 0 Å². The highest BCUT2D eigenvalue weighted by atomic mass is 35.6. The minimum Gasteiger partial charge on any atom is -0.457 e. The Kier molecular flexibility index (Phi) is 11.7. The highest BCUT2D eigenvalue weighted by Crippen LogP contribution is 2.26. The number of alkyl halides is 3. The molecule has 0 aromatic heterocycles. The van der Waals surface area contributed by atoms with E-state index in [0.29, 0.717) is 11.4 Å². The van der Waals surface area contributed by atoms with Crippen molar-refractivity contribution in [1.82, 2.24) is 5.32 Å². The van der Waals surface area contributed by atoms with Crippen LogP contribution in [0.1, 0.15) is 49.4 Å². The molecule has 158 valence electrons. The minimum absolute atomic E-state index is 0.0573. The number of benzene rings is 1. The predicted octanol–water partition coefficient (Wildman–Crippen LogP) is 6.59. The fourth-order valence-electron chi connectivity index (χ4n) is 2.27. The lowest BCUT2D eigenvalue weighted by Crippen LogP contribution is -2.36. The van der Waals surface area contributed by atoms with Gasteiger partial charge in [0.1, 0.15) is 12.7 Å². The SMILES string of the molecule is CCCCCC[C@H](CNC(=O)OCC(Cl)(Cl)Cl)OC(=O)c1ccc(Cl)cc1Cl. The van der Waals surface area contributed by atoms with Crippen LogP contribution in [0.15, 0.2) is 18.2 Å². The molecule has 5 nitrogen and oxygen atoms in total. The van der Waals surface area contributed by atoms with Crippen LogP contribution in [-0.4, -0.2) is 35.1 Å². The molecule has 1 aromatic rings. The topological polar surface area (TPSA) is 64.6 Å². The first kappa shape index (κ1) is 25.4. The summed E-state index contributed by atoms with van der Waals surface area (Å²) in [5.41, 5.74) is 0.198. The molecule has 10 heteroatoms. The maximum absolute atomic E-state index is 12.4. The lowest BCUT2D eigenvalue weighted by atomic mass is 10.1. The average Bonchev–Trinajstić information content (AvgIpc) is 2.60. The number of hydrogen-bond donors (Lipinski definition) is 1. The molecule has 0 aliphatic rings. The number of carbonyl (C=O) groups is 2. The number of alkyl carbamates (subject to hydrolysis) is 1. The molecule has 1 aromatic carbocycles. The summed E-state index contributed by atoms with van der Waals surface area (Å²) in [6.45, 7) is 1.76. The van der Waals surface area contributed by atoms with E-state index in [0.717, 1.165) is 25.7 Å².